The van der Waals surface area contributed by atoms with Gasteiger partial charge >= 0.3 is 5.97 Å². The summed E-state index contributed by atoms with van der Waals surface area (Å²) in [6.45, 7) is 5.91. The van der Waals surface area contributed by atoms with Crippen LogP contribution in [0.3, 0.4) is 0 Å². The Bertz CT molecular complexity index is 220. The molecule has 0 spiro atoms. The summed E-state index contributed by atoms with van der Waals surface area (Å²) in [5, 5.41) is 0. The number of esters is 1. The Kier molecular flexibility index (Phi) is 5.59. The molecule has 74 valence electrons. The molecule has 0 fully saturated rings. The second-order valence-corrected chi connectivity index (χ2v) is 2.71. The Morgan fingerprint density at radius 3 is 2.62 bits per heavy atom. The van der Waals surface area contributed by atoms with E-state index in [1.54, 1.807) is 6.92 Å². The van der Waals surface area contributed by atoms with Crippen molar-refractivity contribution in [2.75, 3.05) is 6.61 Å². The van der Waals surface area contributed by atoms with Gasteiger partial charge in [-0.2, -0.15) is 0 Å². The fourth-order valence-corrected chi connectivity index (χ4v) is 0.608. The van der Waals surface area contributed by atoms with Crippen molar-refractivity contribution >= 4 is 12.2 Å². The van der Waals surface area contributed by atoms with E-state index in [0.29, 0.717) is 6.61 Å². The molecule has 4 heteroatoms. The Hall–Kier alpha value is -1.32. The molecular weight excluding hydrogens is 168 g/mol. The molecule has 0 aromatic heterocycles. The van der Waals surface area contributed by atoms with Gasteiger partial charge in [0.2, 0.25) is 0 Å². The van der Waals surface area contributed by atoms with E-state index < -0.39 is 5.97 Å². The molecule has 13 heavy (non-hydrogen) atoms. The SMILES string of the molecule is CCOC(=O)C(C=NC(C)C)=CN. The lowest BCUT2D eigenvalue weighted by molar-refractivity contribution is -0.137. The molecule has 0 aliphatic rings. The molecule has 0 aromatic carbocycles. The lowest BCUT2D eigenvalue weighted by Gasteiger charge is -2.01. The monoisotopic (exact) mass is 184 g/mol. The molecule has 2 N–H and O–H groups in total. The highest BCUT2D eigenvalue weighted by atomic mass is 16.5. The van der Waals surface area contributed by atoms with Crippen LogP contribution >= 0.6 is 0 Å². The van der Waals surface area contributed by atoms with E-state index in [1.165, 1.54) is 12.4 Å². The van der Waals surface area contributed by atoms with E-state index >= 15 is 0 Å². The summed E-state index contributed by atoms with van der Waals surface area (Å²) in [7, 11) is 0. The normalized spacial score (nSPS) is 12.5. The zero-order chi connectivity index (χ0) is 10.3. The van der Waals surface area contributed by atoms with Gasteiger partial charge in [0.1, 0.15) is 0 Å². The smallest absolute Gasteiger partial charge is 0.341 e. The van der Waals surface area contributed by atoms with Crippen molar-refractivity contribution in [1.29, 1.82) is 0 Å². The number of hydrogen-bond acceptors (Lipinski definition) is 4. The number of ether oxygens (including phenoxy) is 1. The molecule has 0 saturated heterocycles. The first kappa shape index (κ1) is 11.7. The number of nitrogens with two attached hydrogens (primary N) is 1. The van der Waals surface area contributed by atoms with E-state index in [9.17, 15) is 4.79 Å². The van der Waals surface area contributed by atoms with Crippen molar-refractivity contribution in [3.8, 4) is 0 Å². The molecular formula is C9H16N2O2. The maximum atomic E-state index is 11.1. The van der Waals surface area contributed by atoms with E-state index in [-0.39, 0.29) is 11.6 Å². The van der Waals surface area contributed by atoms with Crippen LogP contribution in [0.15, 0.2) is 16.8 Å². The van der Waals surface area contributed by atoms with Crippen molar-refractivity contribution in [2.24, 2.45) is 10.7 Å². The minimum absolute atomic E-state index is 0.143. The Balaban J connectivity index is 4.28. The second kappa shape index (κ2) is 6.22. The van der Waals surface area contributed by atoms with Gasteiger partial charge in [-0.25, -0.2) is 4.79 Å². The summed E-state index contributed by atoms with van der Waals surface area (Å²) in [5.74, 6) is -0.436. The van der Waals surface area contributed by atoms with Gasteiger partial charge in [0.05, 0.1) is 12.2 Å². The molecule has 0 amide bonds. The van der Waals surface area contributed by atoms with E-state index in [0.717, 1.165) is 0 Å². The van der Waals surface area contributed by atoms with Crippen LogP contribution in [0.25, 0.3) is 0 Å². The van der Waals surface area contributed by atoms with Crippen LogP contribution in [0.4, 0.5) is 0 Å². The minimum atomic E-state index is -0.436. The number of rotatable bonds is 4. The average molecular weight is 184 g/mol. The molecule has 0 atom stereocenters. The van der Waals surface area contributed by atoms with Crippen LogP contribution in [0.5, 0.6) is 0 Å². The first-order valence-corrected chi connectivity index (χ1v) is 4.24. The maximum absolute atomic E-state index is 11.1. The van der Waals surface area contributed by atoms with Gasteiger partial charge in [-0.3, -0.25) is 4.99 Å². The van der Waals surface area contributed by atoms with Crippen molar-refractivity contribution in [3.05, 3.63) is 11.8 Å². The van der Waals surface area contributed by atoms with E-state index in [4.69, 9.17) is 10.5 Å². The van der Waals surface area contributed by atoms with Crippen molar-refractivity contribution in [1.82, 2.24) is 0 Å². The van der Waals surface area contributed by atoms with E-state index in [1.807, 2.05) is 13.8 Å². The van der Waals surface area contributed by atoms with Gasteiger partial charge in [-0.1, -0.05) is 0 Å². The summed E-state index contributed by atoms with van der Waals surface area (Å²) >= 11 is 0. The maximum Gasteiger partial charge on any atom is 0.341 e. The van der Waals surface area contributed by atoms with Gasteiger partial charge in [-0.15, -0.1) is 0 Å². The fourth-order valence-electron chi connectivity index (χ4n) is 0.608. The first-order chi connectivity index (χ1) is 6.11. The molecule has 0 radical (unpaired) electrons. The first-order valence-electron chi connectivity index (χ1n) is 4.24. The third kappa shape index (κ3) is 5.00. The fraction of sp³-hybridized carbons (Fsp3) is 0.556. The topological polar surface area (TPSA) is 64.7 Å². The summed E-state index contributed by atoms with van der Waals surface area (Å²) in [5.41, 5.74) is 5.52. The number of carbonyl (C=O) groups excluding carboxylic acids is 1. The predicted octanol–water partition coefficient (Wildman–Crippen LogP) is 0.871. The molecule has 0 rings (SSSR count). The molecule has 0 aromatic rings. The zero-order valence-corrected chi connectivity index (χ0v) is 8.28. The van der Waals surface area contributed by atoms with Crippen molar-refractivity contribution in [2.45, 2.75) is 26.8 Å². The second-order valence-electron chi connectivity index (χ2n) is 2.71. The third-order valence-corrected chi connectivity index (χ3v) is 1.20. The molecule has 0 saturated carbocycles. The quantitative estimate of drug-likeness (QED) is 0.400. The number of aliphatic imine (C=N–C) groups is 1. The Labute approximate surface area is 78.5 Å². The van der Waals surface area contributed by atoms with Gasteiger partial charge in [0, 0.05) is 18.5 Å². The lowest BCUT2D eigenvalue weighted by atomic mass is 10.3. The molecule has 0 heterocycles. The highest BCUT2D eigenvalue weighted by Gasteiger charge is 2.06. The van der Waals surface area contributed by atoms with Gasteiger partial charge < -0.3 is 10.5 Å². The zero-order valence-electron chi connectivity index (χ0n) is 8.28. The molecule has 0 unspecified atom stereocenters. The summed E-state index contributed by atoms with van der Waals surface area (Å²) in [6, 6.07) is 0.143. The Morgan fingerprint density at radius 2 is 2.23 bits per heavy atom. The molecule has 0 aliphatic heterocycles. The minimum Gasteiger partial charge on any atom is -0.462 e. The van der Waals surface area contributed by atoms with Gasteiger partial charge in [-0.05, 0) is 20.8 Å². The molecule has 0 aliphatic carbocycles. The molecule has 0 bridgehead atoms. The van der Waals surface area contributed by atoms with Crippen LogP contribution in [0.1, 0.15) is 20.8 Å². The Morgan fingerprint density at radius 1 is 1.62 bits per heavy atom. The summed E-state index contributed by atoms with van der Waals surface area (Å²) in [4.78, 5) is 15.1. The van der Waals surface area contributed by atoms with Crippen LogP contribution in [0.2, 0.25) is 0 Å². The van der Waals surface area contributed by atoms with Crippen LogP contribution in [-0.4, -0.2) is 24.8 Å². The summed E-state index contributed by atoms with van der Waals surface area (Å²) < 4.78 is 4.75. The van der Waals surface area contributed by atoms with E-state index in [2.05, 4.69) is 4.99 Å². The predicted molar refractivity (Wildman–Crippen MR) is 52.5 cm³/mol. The number of hydrogen-bond donors (Lipinski definition) is 1. The highest BCUT2D eigenvalue weighted by Crippen LogP contribution is 1.94. The van der Waals surface area contributed by atoms with Crippen LogP contribution in [0, 0.1) is 0 Å². The number of nitrogens with zero attached hydrogens (tertiary/aromatic N) is 1. The van der Waals surface area contributed by atoms with Crippen molar-refractivity contribution in [3.63, 3.8) is 0 Å². The third-order valence-electron chi connectivity index (χ3n) is 1.20. The van der Waals surface area contributed by atoms with Crippen LogP contribution < -0.4 is 5.73 Å². The highest BCUT2D eigenvalue weighted by molar-refractivity contribution is 6.09. The standard InChI is InChI=1S/C9H16N2O2/c1-4-13-9(12)8(5-10)6-11-7(2)3/h5-7H,4,10H2,1-3H3. The van der Waals surface area contributed by atoms with Gasteiger partial charge in [0.15, 0.2) is 0 Å². The number of carbonyl (C=O) groups is 1. The average Bonchev–Trinajstić information content (AvgIpc) is 2.05. The largest absolute Gasteiger partial charge is 0.462 e. The molecule has 4 nitrogen and oxygen atoms in total. The summed E-state index contributed by atoms with van der Waals surface area (Å²) in [6.07, 6.45) is 2.63. The lowest BCUT2D eigenvalue weighted by Crippen LogP contribution is -2.11. The van der Waals surface area contributed by atoms with Gasteiger partial charge in [0.25, 0.3) is 0 Å². The van der Waals surface area contributed by atoms with Crippen molar-refractivity contribution < 1.29 is 9.53 Å². The van der Waals surface area contributed by atoms with Crippen LogP contribution in [-0.2, 0) is 9.53 Å².